The summed E-state index contributed by atoms with van der Waals surface area (Å²) in [6.45, 7) is 1.91. The first-order valence-corrected chi connectivity index (χ1v) is 16.8. The summed E-state index contributed by atoms with van der Waals surface area (Å²) in [5.41, 5.74) is 2.64. The molecule has 0 saturated heterocycles. The van der Waals surface area contributed by atoms with Gasteiger partial charge >= 0.3 is 17.9 Å². The average molecular weight is 690 g/mol. The summed E-state index contributed by atoms with van der Waals surface area (Å²) in [4.78, 5) is 52.9. The summed E-state index contributed by atoms with van der Waals surface area (Å²) in [5, 5.41) is 34.6. The number of aliphatic carboxylic acids is 3. The van der Waals surface area contributed by atoms with E-state index in [2.05, 4.69) is 12.1 Å². The Kier molecular flexibility index (Phi) is 10.0. The lowest BCUT2D eigenvalue weighted by molar-refractivity contribution is -0.190. The monoisotopic (exact) mass is 689 g/mol. The fourth-order valence-electron chi connectivity index (χ4n) is 7.33. The maximum absolute atomic E-state index is 14.6. The Morgan fingerprint density at radius 1 is 0.680 bits per heavy atom. The average Bonchev–Trinajstić information content (AvgIpc) is 3.08. The number of fused-ring (bicyclic) bond motifs is 2. The summed E-state index contributed by atoms with van der Waals surface area (Å²) in [6, 6.07) is 34.5. The lowest BCUT2D eigenvalue weighted by atomic mass is 9.55. The van der Waals surface area contributed by atoms with E-state index in [1.54, 1.807) is 12.1 Å². The highest BCUT2D eigenvalue weighted by Gasteiger charge is 2.65. The van der Waals surface area contributed by atoms with Crippen LogP contribution in [0.2, 0.25) is 5.02 Å². The van der Waals surface area contributed by atoms with Crippen LogP contribution in [0.3, 0.4) is 0 Å². The number of rotatable bonds is 12. The number of carbonyl (C=O) groups is 4. The van der Waals surface area contributed by atoms with E-state index in [1.807, 2.05) is 104 Å². The Bertz CT molecular complexity index is 2090. The quantitative estimate of drug-likeness (QED) is 0.121. The number of hydrogen-bond donors (Lipinski definition) is 3. The van der Waals surface area contributed by atoms with E-state index in [0.29, 0.717) is 11.4 Å². The number of carboxylic acid groups (broad SMARTS) is 3. The van der Waals surface area contributed by atoms with Gasteiger partial charge in [-0.1, -0.05) is 109 Å². The van der Waals surface area contributed by atoms with Crippen molar-refractivity contribution in [3.8, 4) is 0 Å². The van der Waals surface area contributed by atoms with Gasteiger partial charge in [0.2, 0.25) is 5.91 Å². The number of benzene rings is 5. The van der Waals surface area contributed by atoms with Crippen LogP contribution in [-0.4, -0.2) is 50.1 Å². The second-order valence-electron chi connectivity index (χ2n) is 12.9. The van der Waals surface area contributed by atoms with Gasteiger partial charge in [-0.05, 0) is 75.8 Å². The molecule has 0 aromatic heterocycles. The Morgan fingerprint density at radius 3 is 1.78 bits per heavy atom. The molecule has 4 unspecified atom stereocenters. The van der Waals surface area contributed by atoms with Crippen LogP contribution in [0.25, 0.3) is 27.6 Å². The highest BCUT2D eigenvalue weighted by molar-refractivity contribution is 6.30. The molecule has 1 aliphatic rings. The largest absolute Gasteiger partial charge is 0.481 e. The van der Waals surface area contributed by atoms with E-state index >= 15 is 0 Å². The van der Waals surface area contributed by atoms with Gasteiger partial charge in [0.1, 0.15) is 0 Å². The minimum Gasteiger partial charge on any atom is -0.481 e. The maximum Gasteiger partial charge on any atom is 0.308 e. The molecular formula is C41H36ClNO7. The molecule has 0 aliphatic heterocycles. The van der Waals surface area contributed by atoms with E-state index in [-0.39, 0.29) is 12.5 Å². The molecule has 4 atom stereocenters. The van der Waals surface area contributed by atoms with Gasteiger partial charge in [0, 0.05) is 23.5 Å². The van der Waals surface area contributed by atoms with Gasteiger partial charge in [0.05, 0.1) is 23.7 Å². The molecule has 5 aromatic carbocycles. The topological polar surface area (TPSA) is 132 Å². The third-order valence-corrected chi connectivity index (χ3v) is 10.2. The Hall–Kier alpha value is -5.47. The lowest BCUT2D eigenvalue weighted by Crippen LogP contribution is -2.63. The summed E-state index contributed by atoms with van der Waals surface area (Å²) in [5.74, 6) is -12.3. The van der Waals surface area contributed by atoms with Gasteiger partial charge in [0.25, 0.3) is 0 Å². The standard InChI is InChI=1S/C41H36ClNO7/c1-24(33(29-17-19-32(42)20-18-29)12-6-7-25-13-15-27-8-2-4-10-30(27)21-25)43(23-26-14-16-28-9-3-5-11-31(28)22-26)38(44)34-35(39(45)46)37(41(49)50)36(34)40(47)48/h2-11,13-22,24,33-37H,12,23H2,1H3,(H,45,46)(H,47,48)(H,49,50)/b7-6+. The number of amides is 1. The van der Waals surface area contributed by atoms with Crippen molar-refractivity contribution in [3.05, 3.63) is 137 Å². The summed E-state index contributed by atoms with van der Waals surface area (Å²) >= 11 is 6.26. The first kappa shape index (κ1) is 34.4. The minimum absolute atomic E-state index is 0.0518. The van der Waals surface area contributed by atoms with Gasteiger partial charge in [0.15, 0.2) is 0 Å². The third-order valence-electron chi connectivity index (χ3n) is 9.98. The number of carboxylic acids is 3. The van der Waals surface area contributed by atoms with Crippen LogP contribution in [0, 0.1) is 23.7 Å². The molecule has 9 heteroatoms. The van der Waals surface area contributed by atoms with E-state index in [0.717, 1.165) is 38.2 Å². The normalized spacial score (nSPS) is 19.9. The molecule has 254 valence electrons. The van der Waals surface area contributed by atoms with Crippen LogP contribution in [0.4, 0.5) is 0 Å². The van der Waals surface area contributed by atoms with Crippen LogP contribution >= 0.6 is 11.6 Å². The number of carbonyl (C=O) groups excluding carboxylic acids is 1. The molecule has 1 amide bonds. The molecule has 50 heavy (non-hydrogen) atoms. The van der Waals surface area contributed by atoms with E-state index in [9.17, 15) is 34.5 Å². The lowest BCUT2D eigenvalue weighted by Gasteiger charge is -2.47. The number of allylic oxidation sites excluding steroid dienone is 1. The van der Waals surface area contributed by atoms with Crippen molar-refractivity contribution < 1.29 is 34.5 Å². The van der Waals surface area contributed by atoms with Crippen LogP contribution in [-0.2, 0) is 25.7 Å². The molecule has 1 saturated carbocycles. The molecular weight excluding hydrogens is 654 g/mol. The van der Waals surface area contributed by atoms with Crippen molar-refractivity contribution in [1.29, 1.82) is 0 Å². The van der Waals surface area contributed by atoms with Gasteiger partial charge in [-0.25, -0.2) is 0 Å². The van der Waals surface area contributed by atoms with E-state index in [4.69, 9.17) is 11.6 Å². The minimum atomic E-state index is -1.73. The van der Waals surface area contributed by atoms with Crippen molar-refractivity contribution >= 4 is 63.0 Å². The Morgan fingerprint density at radius 2 is 1.20 bits per heavy atom. The molecule has 3 N–H and O–H groups in total. The van der Waals surface area contributed by atoms with Gasteiger partial charge in [-0.3, -0.25) is 19.2 Å². The van der Waals surface area contributed by atoms with E-state index < -0.39 is 53.5 Å². The number of halogens is 1. The molecule has 0 heterocycles. The van der Waals surface area contributed by atoms with Gasteiger partial charge in [-0.2, -0.15) is 0 Å². The summed E-state index contributed by atoms with van der Waals surface area (Å²) < 4.78 is 0. The predicted molar refractivity (Wildman–Crippen MR) is 193 cm³/mol. The first-order chi connectivity index (χ1) is 24.0. The molecule has 0 radical (unpaired) electrons. The Balaban J connectivity index is 1.39. The number of hydrogen-bond acceptors (Lipinski definition) is 4. The predicted octanol–water partition coefficient (Wildman–Crippen LogP) is 7.98. The molecule has 1 fully saturated rings. The Labute approximate surface area is 294 Å². The molecule has 0 spiro atoms. The molecule has 0 bridgehead atoms. The zero-order valence-corrected chi connectivity index (χ0v) is 28.0. The smallest absolute Gasteiger partial charge is 0.308 e. The fourth-order valence-corrected chi connectivity index (χ4v) is 7.45. The molecule has 8 nitrogen and oxygen atoms in total. The highest BCUT2D eigenvalue weighted by atomic mass is 35.5. The number of nitrogens with zero attached hydrogens (tertiary/aromatic N) is 1. The van der Waals surface area contributed by atoms with Gasteiger partial charge < -0.3 is 20.2 Å². The van der Waals surface area contributed by atoms with Crippen molar-refractivity contribution in [1.82, 2.24) is 4.90 Å². The highest BCUT2D eigenvalue weighted by Crippen LogP contribution is 2.48. The van der Waals surface area contributed by atoms with Gasteiger partial charge in [-0.15, -0.1) is 0 Å². The van der Waals surface area contributed by atoms with Crippen LogP contribution < -0.4 is 0 Å². The first-order valence-electron chi connectivity index (χ1n) is 16.4. The third kappa shape index (κ3) is 6.98. The zero-order chi connectivity index (χ0) is 35.5. The van der Waals surface area contributed by atoms with Crippen molar-refractivity contribution in [2.24, 2.45) is 23.7 Å². The van der Waals surface area contributed by atoms with Crippen molar-refractivity contribution in [2.75, 3.05) is 0 Å². The van der Waals surface area contributed by atoms with Crippen LogP contribution in [0.1, 0.15) is 36.0 Å². The van der Waals surface area contributed by atoms with Crippen molar-refractivity contribution in [2.45, 2.75) is 31.8 Å². The summed E-state index contributed by atoms with van der Waals surface area (Å²) in [6.07, 6.45) is 4.52. The second kappa shape index (κ2) is 14.6. The second-order valence-corrected chi connectivity index (χ2v) is 13.3. The molecule has 1 aliphatic carbocycles. The zero-order valence-electron chi connectivity index (χ0n) is 27.2. The molecule has 5 aromatic rings. The van der Waals surface area contributed by atoms with Crippen LogP contribution in [0.5, 0.6) is 0 Å². The fraction of sp³-hybridized carbons (Fsp3) is 0.220. The summed E-state index contributed by atoms with van der Waals surface area (Å²) in [7, 11) is 0. The van der Waals surface area contributed by atoms with E-state index in [1.165, 1.54) is 4.90 Å². The SMILES string of the molecule is CC(C(C/C=C/c1ccc2ccccc2c1)c1ccc(Cl)cc1)N(Cc1ccc2ccccc2c1)C(=O)C1C(C(=O)O)C(C(=O)O)C1C(=O)O. The van der Waals surface area contributed by atoms with Crippen LogP contribution in [0.15, 0.2) is 115 Å². The molecule has 6 rings (SSSR count). The maximum atomic E-state index is 14.6. The van der Waals surface area contributed by atoms with Crippen molar-refractivity contribution in [3.63, 3.8) is 0 Å².